The Hall–Kier alpha value is -3.35. The summed E-state index contributed by atoms with van der Waals surface area (Å²) in [6.07, 6.45) is 8.72. The van der Waals surface area contributed by atoms with E-state index in [-0.39, 0.29) is 48.6 Å². The van der Waals surface area contributed by atoms with Crippen LogP contribution in [0, 0.1) is 5.92 Å². The number of benzene rings is 2. The summed E-state index contributed by atoms with van der Waals surface area (Å²) in [5, 5.41) is 24.4. The molecule has 0 spiro atoms. The first-order valence-electron chi connectivity index (χ1n) is 18.4. The van der Waals surface area contributed by atoms with E-state index in [1.165, 1.54) is 19.3 Å². The van der Waals surface area contributed by atoms with Crippen molar-refractivity contribution < 1.29 is 34.2 Å². The third-order valence-corrected chi connectivity index (χ3v) is 10.2. The van der Waals surface area contributed by atoms with Gasteiger partial charge in [-0.15, -0.1) is 0 Å². The van der Waals surface area contributed by atoms with Gasteiger partial charge in [0.15, 0.2) is 6.29 Å². The molecule has 50 heavy (non-hydrogen) atoms. The molecule has 2 saturated heterocycles. The average molecular weight is 693 g/mol. The highest BCUT2D eigenvalue weighted by Gasteiger charge is 2.44. The second-order valence-electron chi connectivity index (χ2n) is 15.3. The van der Waals surface area contributed by atoms with E-state index in [0.717, 1.165) is 36.0 Å². The van der Waals surface area contributed by atoms with Gasteiger partial charge in [0, 0.05) is 48.6 Å². The number of ether oxygens (including phenoxy) is 2. The van der Waals surface area contributed by atoms with E-state index < -0.39 is 12.2 Å². The Labute approximate surface area is 296 Å². The molecule has 1 aliphatic carbocycles. The Morgan fingerprint density at radius 1 is 0.840 bits per heavy atom. The number of fused-ring (bicyclic) bond motifs is 1. The molecule has 2 aromatic carbocycles. The van der Waals surface area contributed by atoms with Crippen molar-refractivity contribution in [2.45, 2.75) is 141 Å². The van der Waals surface area contributed by atoms with Crippen LogP contribution in [0.15, 0.2) is 48.5 Å². The van der Waals surface area contributed by atoms with Crippen LogP contribution < -0.4 is 16.1 Å². The number of hydroxylamine groups is 1. The van der Waals surface area contributed by atoms with Gasteiger partial charge in [0.2, 0.25) is 17.7 Å². The molecular formula is C39H56N4O7. The van der Waals surface area contributed by atoms with Crippen molar-refractivity contribution in [3.63, 3.8) is 0 Å². The van der Waals surface area contributed by atoms with Crippen molar-refractivity contribution in [3.8, 4) is 0 Å². The van der Waals surface area contributed by atoms with Gasteiger partial charge < -0.3 is 25.2 Å². The zero-order valence-corrected chi connectivity index (χ0v) is 29.9. The van der Waals surface area contributed by atoms with Crippen LogP contribution in [-0.2, 0) is 30.5 Å². The summed E-state index contributed by atoms with van der Waals surface area (Å²) in [6.45, 7) is 6.70. The van der Waals surface area contributed by atoms with Crippen LogP contribution in [0.25, 0.3) is 0 Å². The van der Waals surface area contributed by atoms with Crippen LogP contribution in [0.1, 0.15) is 127 Å². The van der Waals surface area contributed by atoms with Crippen LogP contribution in [0.5, 0.6) is 0 Å². The minimum atomic E-state index is -0.647. The molecule has 3 fully saturated rings. The largest absolute Gasteiger partial charge is 0.392 e. The van der Waals surface area contributed by atoms with E-state index in [2.05, 4.69) is 15.5 Å². The number of carbonyl (C=O) groups is 3. The summed E-state index contributed by atoms with van der Waals surface area (Å²) in [6, 6.07) is 15.5. The molecule has 11 heteroatoms. The topological polar surface area (TPSA) is 149 Å². The predicted octanol–water partition coefficient (Wildman–Crippen LogP) is 6.06. The molecule has 274 valence electrons. The maximum absolute atomic E-state index is 13.7. The summed E-state index contributed by atoms with van der Waals surface area (Å²) < 4.78 is 13.3. The van der Waals surface area contributed by atoms with Gasteiger partial charge in [0.1, 0.15) is 0 Å². The predicted molar refractivity (Wildman–Crippen MR) is 190 cm³/mol. The zero-order valence-electron chi connectivity index (χ0n) is 29.9. The molecule has 1 saturated carbocycles. The molecule has 6 atom stereocenters. The lowest BCUT2D eigenvalue weighted by Gasteiger charge is -2.50. The van der Waals surface area contributed by atoms with Gasteiger partial charge in [-0.2, -0.15) is 0 Å². The first-order chi connectivity index (χ1) is 24.0. The molecule has 3 amide bonds. The van der Waals surface area contributed by atoms with Crippen LogP contribution in [-0.4, -0.2) is 63.2 Å². The standard InChI is InChI=1S/C39H56N4O7/c1-39(2,3)41-37(47)33-22-19-27-9-7-8-10-32(27)43(33)24-31-23-34(28-15-13-26(25-44)14-16-28)50-38(49-31)29-17-20-30(21-18-29)40-35(45)11-5-4-6-12-36(46)42-48/h13-18,20-21,27,31-34,38,44,48H,4-12,19,22-25H2,1-3H3,(H,40,45)(H,41,47)(H,42,46). The molecule has 2 aliphatic heterocycles. The van der Waals surface area contributed by atoms with E-state index >= 15 is 0 Å². The van der Waals surface area contributed by atoms with Gasteiger partial charge >= 0.3 is 0 Å². The smallest absolute Gasteiger partial charge is 0.243 e. The number of nitrogens with zero attached hydrogens (tertiary/aromatic N) is 1. The minimum absolute atomic E-state index is 0.0259. The van der Waals surface area contributed by atoms with E-state index in [1.807, 2.05) is 69.3 Å². The quantitative estimate of drug-likeness (QED) is 0.0967. The molecule has 3 aliphatic rings. The second-order valence-corrected chi connectivity index (χ2v) is 15.3. The van der Waals surface area contributed by atoms with Gasteiger partial charge in [0.05, 0.1) is 24.9 Å². The number of piperidine rings is 1. The lowest BCUT2D eigenvalue weighted by molar-refractivity contribution is -0.255. The number of nitrogens with one attached hydrogen (secondary N) is 3. The van der Waals surface area contributed by atoms with E-state index in [1.54, 1.807) is 5.48 Å². The molecule has 2 aromatic rings. The Balaban J connectivity index is 1.30. The Bertz CT molecular complexity index is 1410. The molecule has 2 heterocycles. The fourth-order valence-electron chi connectivity index (χ4n) is 7.75. The SMILES string of the molecule is CC(C)(C)NC(=O)C1CCC2CCCCC2N1CC1CC(c2ccc(CO)cc2)OC(c2ccc(NC(=O)CCCCCC(=O)NO)cc2)O1. The highest BCUT2D eigenvalue weighted by atomic mass is 16.7. The Morgan fingerprint density at radius 3 is 2.20 bits per heavy atom. The molecule has 0 radical (unpaired) electrons. The van der Waals surface area contributed by atoms with Crippen LogP contribution in [0.2, 0.25) is 0 Å². The van der Waals surface area contributed by atoms with Crippen molar-refractivity contribution in [3.05, 3.63) is 65.2 Å². The highest BCUT2D eigenvalue weighted by Crippen LogP contribution is 2.42. The van der Waals surface area contributed by atoms with Crippen molar-refractivity contribution >= 4 is 23.4 Å². The Kier molecular flexibility index (Phi) is 13.4. The summed E-state index contributed by atoms with van der Waals surface area (Å²) >= 11 is 0. The number of amides is 3. The summed E-state index contributed by atoms with van der Waals surface area (Å²) in [5.74, 6) is 0.159. The van der Waals surface area contributed by atoms with Crippen molar-refractivity contribution in [1.82, 2.24) is 15.7 Å². The van der Waals surface area contributed by atoms with Crippen molar-refractivity contribution in [2.75, 3.05) is 11.9 Å². The number of rotatable bonds is 13. The fourth-order valence-corrected chi connectivity index (χ4v) is 7.75. The molecule has 6 unspecified atom stereocenters. The highest BCUT2D eigenvalue weighted by molar-refractivity contribution is 5.90. The molecule has 5 N–H and O–H groups in total. The number of hydrogen-bond acceptors (Lipinski definition) is 8. The molecule has 0 aromatic heterocycles. The monoisotopic (exact) mass is 692 g/mol. The van der Waals surface area contributed by atoms with E-state index in [0.29, 0.717) is 56.3 Å². The zero-order chi connectivity index (χ0) is 35.7. The van der Waals surface area contributed by atoms with Crippen molar-refractivity contribution in [1.29, 1.82) is 0 Å². The first kappa shape index (κ1) is 37.9. The van der Waals surface area contributed by atoms with Gasteiger partial charge in [0.25, 0.3) is 0 Å². The van der Waals surface area contributed by atoms with Crippen LogP contribution >= 0.6 is 0 Å². The van der Waals surface area contributed by atoms with Crippen LogP contribution in [0.4, 0.5) is 5.69 Å². The number of hydrogen-bond donors (Lipinski definition) is 5. The van der Waals surface area contributed by atoms with Gasteiger partial charge in [-0.05, 0) is 88.5 Å². The second kappa shape index (κ2) is 17.7. The lowest BCUT2D eigenvalue weighted by atomic mass is 9.75. The normalized spacial score (nSPS) is 25.7. The molecule has 11 nitrogen and oxygen atoms in total. The lowest BCUT2D eigenvalue weighted by Crippen LogP contribution is -2.61. The Morgan fingerprint density at radius 2 is 1.52 bits per heavy atom. The average Bonchev–Trinajstić information content (AvgIpc) is 3.11. The number of carbonyl (C=O) groups excluding carboxylic acids is 3. The minimum Gasteiger partial charge on any atom is -0.392 e. The maximum Gasteiger partial charge on any atom is 0.243 e. The molecular weight excluding hydrogens is 636 g/mol. The third-order valence-electron chi connectivity index (χ3n) is 10.2. The number of likely N-dealkylation sites (tertiary alicyclic amines) is 1. The van der Waals surface area contributed by atoms with Gasteiger partial charge in [-0.3, -0.25) is 24.5 Å². The number of aliphatic hydroxyl groups is 1. The van der Waals surface area contributed by atoms with E-state index in [4.69, 9.17) is 14.7 Å². The van der Waals surface area contributed by atoms with E-state index in [9.17, 15) is 19.5 Å². The molecule has 0 bridgehead atoms. The first-order valence-corrected chi connectivity index (χ1v) is 18.4. The summed E-state index contributed by atoms with van der Waals surface area (Å²) in [5.41, 5.74) is 4.66. The fraction of sp³-hybridized carbons (Fsp3) is 0.615. The van der Waals surface area contributed by atoms with Gasteiger partial charge in [-0.1, -0.05) is 55.7 Å². The van der Waals surface area contributed by atoms with Gasteiger partial charge in [-0.25, -0.2) is 5.48 Å². The van der Waals surface area contributed by atoms with Crippen molar-refractivity contribution in [2.24, 2.45) is 5.92 Å². The number of anilines is 1. The number of unbranched alkanes of at least 4 members (excludes halogenated alkanes) is 2. The summed E-state index contributed by atoms with van der Waals surface area (Å²) in [4.78, 5) is 39.9. The van der Waals surface area contributed by atoms with Crippen LogP contribution in [0.3, 0.4) is 0 Å². The third kappa shape index (κ3) is 10.6. The summed E-state index contributed by atoms with van der Waals surface area (Å²) in [7, 11) is 0. The molecule has 5 rings (SSSR count). The maximum atomic E-state index is 13.7. The number of aliphatic hydroxyl groups excluding tert-OH is 1.